The normalized spacial score (nSPS) is 14.0. The molecule has 3 rings (SSSR count). The van der Waals surface area contributed by atoms with Gasteiger partial charge in [-0.15, -0.1) is 0 Å². The number of fused-ring (bicyclic) bond motifs is 1. The van der Waals surface area contributed by atoms with Gasteiger partial charge in [0.1, 0.15) is 5.82 Å². The monoisotopic (exact) mass is 306 g/mol. The van der Waals surface area contributed by atoms with Crippen molar-refractivity contribution >= 4 is 15.7 Å². The van der Waals surface area contributed by atoms with Gasteiger partial charge in [-0.25, -0.2) is 12.8 Å². The molecule has 0 atom stereocenters. The van der Waals surface area contributed by atoms with Gasteiger partial charge in [0, 0.05) is 13.1 Å². The Kier molecular flexibility index (Phi) is 3.43. The number of aryl methyl sites for hydroxylation is 1. The van der Waals surface area contributed by atoms with Crippen LogP contribution in [-0.4, -0.2) is 8.42 Å². The van der Waals surface area contributed by atoms with Gasteiger partial charge in [-0.3, -0.25) is 4.72 Å². The molecule has 0 saturated heterocycles. The van der Waals surface area contributed by atoms with Gasteiger partial charge in [-0.05, 0) is 47.9 Å². The highest BCUT2D eigenvalue weighted by molar-refractivity contribution is 7.92. The van der Waals surface area contributed by atoms with Crippen LogP contribution in [0.5, 0.6) is 0 Å². The number of hydrogen-bond acceptors (Lipinski definition) is 3. The molecule has 0 saturated carbocycles. The SMILES string of the molecule is Cc1ccc(NS(=O)(=O)c2ccc3c(c2)CNC3)c(F)c1. The Hall–Kier alpha value is -1.92. The molecule has 0 bridgehead atoms. The number of anilines is 1. The van der Waals surface area contributed by atoms with Gasteiger partial charge in [0.15, 0.2) is 0 Å². The lowest BCUT2D eigenvalue weighted by Gasteiger charge is -2.10. The zero-order valence-corrected chi connectivity index (χ0v) is 12.3. The predicted octanol–water partition coefficient (Wildman–Crippen LogP) is 2.54. The lowest BCUT2D eigenvalue weighted by atomic mass is 10.1. The summed E-state index contributed by atoms with van der Waals surface area (Å²) in [5.74, 6) is -0.582. The number of hydrogen-bond donors (Lipinski definition) is 2. The van der Waals surface area contributed by atoms with Crippen LogP contribution in [0.25, 0.3) is 0 Å². The summed E-state index contributed by atoms with van der Waals surface area (Å²) in [6.45, 7) is 3.14. The summed E-state index contributed by atoms with van der Waals surface area (Å²) in [5, 5.41) is 3.16. The summed E-state index contributed by atoms with van der Waals surface area (Å²) in [6.07, 6.45) is 0. The highest BCUT2D eigenvalue weighted by atomic mass is 32.2. The largest absolute Gasteiger partial charge is 0.309 e. The standard InChI is InChI=1S/C15H15FN2O2S/c1-10-2-5-15(14(16)6-10)18-21(19,20)13-4-3-11-8-17-9-12(11)7-13/h2-7,17-18H,8-9H2,1H3. The average molecular weight is 306 g/mol. The van der Waals surface area contributed by atoms with Crippen LogP contribution in [0.1, 0.15) is 16.7 Å². The van der Waals surface area contributed by atoms with E-state index in [1.54, 1.807) is 31.2 Å². The Balaban J connectivity index is 1.93. The maximum Gasteiger partial charge on any atom is 0.261 e. The molecule has 2 N–H and O–H groups in total. The van der Waals surface area contributed by atoms with Crippen LogP contribution in [0.2, 0.25) is 0 Å². The van der Waals surface area contributed by atoms with Crippen molar-refractivity contribution in [2.75, 3.05) is 4.72 Å². The molecular formula is C15H15FN2O2S. The summed E-state index contributed by atoms with van der Waals surface area (Å²) in [4.78, 5) is 0.143. The van der Waals surface area contributed by atoms with E-state index in [4.69, 9.17) is 0 Å². The number of sulfonamides is 1. The summed E-state index contributed by atoms with van der Waals surface area (Å²) in [7, 11) is -3.79. The van der Waals surface area contributed by atoms with E-state index < -0.39 is 15.8 Å². The lowest BCUT2D eigenvalue weighted by Crippen LogP contribution is -2.14. The fourth-order valence-corrected chi connectivity index (χ4v) is 3.46. The zero-order chi connectivity index (χ0) is 15.0. The smallest absolute Gasteiger partial charge is 0.261 e. The number of nitrogens with one attached hydrogen (secondary N) is 2. The Morgan fingerprint density at radius 2 is 1.86 bits per heavy atom. The van der Waals surface area contributed by atoms with Crippen LogP contribution in [0.15, 0.2) is 41.3 Å². The molecule has 0 fully saturated rings. The van der Waals surface area contributed by atoms with Crippen LogP contribution in [0, 0.1) is 12.7 Å². The molecule has 4 nitrogen and oxygen atoms in total. The van der Waals surface area contributed by atoms with Gasteiger partial charge < -0.3 is 5.32 Å². The fraction of sp³-hybridized carbons (Fsp3) is 0.200. The van der Waals surface area contributed by atoms with E-state index in [0.717, 1.165) is 23.2 Å². The van der Waals surface area contributed by atoms with Gasteiger partial charge in [-0.2, -0.15) is 0 Å². The van der Waals surface area contributed by atoms with E-state index in [1.807, 2.05) is 0 Å². The molecule has 2 aromatic rings. The van der Waals surface area contributed by atoms with E-state index in [1.165, 1.54) is 12.1 Å². The highest BCUT2D eigenvalue weighted by Crippen LogP contribution is 2.23. The van der Waals surface area contributed by atoms with E-state index in [0.29, 0.717) is 6.54 Å². The second kappa shape index (κ2) is 5.13. The van der Waals surface area contributed by atoms with Crippen LogP contribution in [-0.2, 0) is 23.1 Å². The van der Waals surface area contributed by atoms with Crippen molar-refractivity contribution in [1.29, 1.82) is 0 Å². The van der Waals surface area contributed by atoms with Crippen molar-refractivity contribution in [3.8, 4) is 0 Å². The molecule has 2 aromatic carbocycles. The molecule has 1 aliphatic heterocycles. The Morgan fingerprint density at radius 1 is 1.10 bits per heavy atom. The maximum absolute atomic E-state index is 13.8. The van der Waals surface area contributed by atoms with Crippen molar-refractivity contribution in [3.05, 3.63) is 58.9 Å². The van der Waals surface area contributed by atoms with Crippen LogP contribution < -0.4 is 10.0 Å². The van der Waals surface area contributed by atoms with Gasteiger partial charge in [-0.1, -0.05) is 12.1 Å². The number of benzene rings is 2. The third-order valence-corrected chi connectivity index (χ3v) is 4.85. The third-order valence-electron chi connectivity index (χ3n) is 3.49. The van der Waals surface area contributed by atoms with Gasteiger partial charge in [0.05, 0.1) is 10.6 Å². The first kappa shape index (κ1) is 14.0. The molecule has 6 heteroatoms. The second-order valence-corrected chi connectivity index (χ2v) is 6.81. The summed E-state index contributed by atoms with van der Waals surface area (Å²) in [6, 6.07) is 9.34. The molecule has 0 radical (unpaired) electrons. The minimum absolute atomic E-state index is 0.0424. The maximum atomic E-state index is 13.8. The molecule has 110 valence electrons. The molecule has 0 unspecified atom stereocenters. The highest BCUT2D eigenvalue weighted by Gasteiger charge is 2.19. The first-order chi connectivity index (χ1) is 9.95. The molecule has 1 aliphatic rings. The van der Waals surface area contributed by atoms with Gasteiger partial charge in [0.25, 0.3) is 10.0 Å². The molecule has 21 heavy (non-hydrogen) atoms. The number of rotatable bonds is 3. The molecule has 0 spiro atoms. The second-order valence-electron chi connectivity index (χ2n) is 5.12. The van der Waals surface area contributed by atoms with Crippen LogP contribution >= 0.6 is 0 Å². The fourth-order valence-electron chi connectivity index (χ4n) is 2.34. The average Bonchev–Trinajstić information content (AvgIpc) is 2.89. The van der Waals surface area contributed by atoms with Gasteiger partial charge >= 0.3 is 0 Å². The van der Waals surface area contributed by atoms with E-state index >= 15 is 0 Å². The molecule has 0 amide bonds. The third kappa shape index (κ3) is 2.77. The predicted molar refractivity (Wildman–Crippen MR) is 78.9 cm³/mol. The molecular weight excluding hydrogens is 291 g/mol. The number of halogens is 1. The minimum atomic E-state index is -3.79. The van der Waals surface area contributed by atoms with Crippen molar-refractivity contribution in [2.24, 2.45) is 0 Å². The molecule has 0 aromatic heterocycles. The quantitative estimate of drug-likeness (QED) is 0.916. The van der Waals surface area contributed by atoms with E-state index in [9.17, 15) is 12.8 Å². The Labute approximate surface area is 123 Å². The van der Waals surface area contributed by atoms with Crippen LogP contribution in [0.3, 0.4) is 0 Å². The zero-order valence-electron chi connectivity index (χ0n) is 11.5. The van der Waals surface area contributed by atoms with Crippen molar-refractivity contribution in [2.45, 2.75) is 24.9 Å². The van der Waals surface area contributed by atoms with E-state index in [2.05, 4.69) is 10.0 Å². The molecule has 1 heterocycles. The van der Waals surface area contributed by atoms with Crippen LogP contribution in [0.4, 0.5) is 10.1 Å². The Bertz CT molecular complexity index is 803. The van der Waals surface area contributed by atoms with Crippen molar-refractivity contribution in [3.63, 3.8) is 0 Å². The van der Waals surface area contributed by atoms with Crippen molar-refractivity contribution < 1.29 is 12.8 Å². The summed E-state index contributed by atoms with van der Waals surface area (Å²) in [5.41, 5.74) is 2.75. The lowest BCUT2D eigenvalue weighted by molar-refractivity contribution is 0.598. The van der Waals surface area contributed by atoms with Crippen molar-refractivity contribution in [1.82, 2.24) is 5.32 Å². The molecule has 0 aliphatic carbocycles. The summed E-state index contributed by atoms with van der Waals surface area (Å²) < 4.78 is 40.8. The Morgan fingerprint density at radius 3 is 2.62 bits per heavy atom. The van der Waals surface area contributed by atoms with E-state index in [-0.39, 0.29) is 10.6 Å². The summed E-state index contributed by atoms with van der Waals surface area (Å²) >= 11 is 0. The topological polar surface area (TPSA) is 58.2 Å². The van der Waals surface area contributed by atoms with Gasteiger partial charge in [0.2, 0.25) is 0 Å². The first-order valence-corrected chi connectivity index (χ1v) is 8.05. The first-order valence-electron chi connectivity index (χ1n) is 6.57. The minimum Gasteiger partial charge on any atom is -0.309 e.